The van der Waals surface area contributed by atoms with Crippen LogP contribution >= 0.6 is 0 Å². The summed E-state index contributed by atoms with van der Waals surface area (Å²) in [5, 5.41) is 11.3. The number of carbonyl (C=O) groups excluding carboxylic acids is 2. The molecule has 2 aromatic carbocycles. The number of aliphatic hydroxyl groups excluding tert-OH is 1. The Balaban J connectivity index is 1.83. The van der Waals surface area contributed by atoms with Gasteiger partial charge < -0.3 is 35.5 Å². The highest BCUT2D eigenvalue weighted by Crippen LogP contribution is 2.37. The molecule has 1 atom stereocenters. The van der Waals surface area contributed by atoms with Gasteiger partial charge in [-0.3, -0.25) is 19.6 Å². The van der Waals surface area contributed by atoms with E-state index in [2.05, 4.69) is 9.98 Å². The average molecular weight is 555 g/mol. The number of methoxy groups -OCH3 is 2. The second kappa shape index (κ2) is 13.4. The van der Waals surface area contributed by atoms with Crippen LogP contribution in [0.1, 0.15) is 19.4 Å². The van der Waals surface area contributed by atoms with E-state index in [1.165, 1.54) is 39.5 Å². The van der Waals surface area contributed by atoms with Gasteiger partial charge in [-0.1, -0.05) is 6.07 Å². The molecule has 12 heteroatoms. The first-order chi connectivity index (χ1) is 19.1. The molecule has 1 aromatic heterocycles. The minimum absolute atomic E-state index is 0.0185. The maximum atomic E-state index is 15.1. The number of aliphatic hydroxyl groups is 1. The van der Waals surface area contributed by atoms with Crippen molar-refractivity contribution in [1.29, 1.82) is 0 Å². The molecule has 40 heavy (non-hydrogen) atoms. The lowest BCUT2D eigenvalue weighted by Crippen LogP contribution is -2.25. The summed E-state index contributed by atoms with van der Waals surface area (Å²) in [7, 11) is 3.01. The number of rotatable bonds is 12. The molecule has 0 aliphatic heterocycles. The van der Waals surface area contributed by atoms with Crippen LogP contribution in [0.25, 0.3) is 10.9 Å². The Morgan fingerprint density at radius 1 is 1.07 bits per heavy atom. The summed E-state index contributed by atoms with van der Waals surface area (Å²) in [5.41, 5.74) is 11.5. The topological polar surface area (TPSA) is 169 Å². The highest BCUT2D eigenvalue weighted by Gasteiger charge is 2.18. The van der Waals surface area contributed by atoms with Crippen LogP contribution in [-0.4, -0.2) is 61.1 Å². The van der Waals surface area contributed by atoms with E-state index in [1.807, 2.05) is 0 Å². The minimum atomic E-state index is -0.914. The number of halogens is 1. The van der Waals surface area contributed by atoms with Gasteiger partial charge in [0, 0.05) is 29.8 Å². The highest BCUT2D eigenvalue weighted by molar-refractivity contribution is 6.20. The van der Waals surface area contributed by atoms with Crippen LogP contribution in [0.4, 0.5) is 4.39 Å². The molecule has 0 spiro atoms. The number of aromatic nitrogens is 1. The first-order valence-corrected chi connectivity index (χ1v) is 12.2. The van der Waals surface area contributed by atoms with Crippen LogP contribution in [0.2, 0.25) is 0 Å². The van der Waals surface area contributed by atoms with Gasteiger partial charge >= 0.3 is 5.97 Å². The van der Waals surface area contributed by atoms with Crippen LogP contribution in [0.3, 0.4) is 0 Å². The Labute approximate surface area is 230 Å². The lowest BCUT2D eigenvalue weighted by Gasteiger charge is -2.14. The van der Waals surface area contributed by atoms with Gasteiger partial charge in [0.05, 0.1) is 38.4 Å². The third-order valence-corrected chi connectivity index (χ3v) is 5.78. The van der Waals surface area contributed by atoms with E-state index in [0.29, 0.717) is 33.7 Å². The predicted molar refractivity (Wildman–Crippen MR) is 146 cm³/mol. The van der Waals surface area contributed by atoms with Crippen LogP contribution in [0, 0.1) is 5.82 Å². The minimum Gasteiger partial charge on any atom is -0.511 e. The van der Waals surface area contributed by atoms with Crippen molar-refractivity contribution >= 4 is 28.5 Å². The molecule has 212 valence electrons. The zero-order valence-corrected chi connectivity index (χ0v) is 22.6. The van der Waals surface area contributed by atoms with E-state index in [4.69, 9.17) is 30.4 Å². The molecule has 3 rings (SSSR count). The Hall–Kier alpha value is -4.71. The Morgan fingerprint density at radius 2 is 1.77 bits per heavy atom. The third kappa shape index (κ3) is 7.23. The predicted octanol–water partition coefficient (Wildman–Crippen LogP) is 3.37. The van der Waals surface area contributed by atoms with Crippen molar-refractivity contribution in [2.75, 3.05) is 27.3 Å². The number of primary amides is 1. The number of hydrogen-bond acceptors (Lipinski definition) is 10. The molecule has 0 unspecified atom stereocenters. The van der Waals surface area contributed by atoms with Gasteiger partial charge in [-0.25, -0.2) is 4.39 Å². The largest absolute Gasteiger partial charge is 0.511 e. The van der Waals surface area contributed by atoms with Crippen molar-refractivity contribution in [3.8, 4) is 23.0 Å². The zero-order valence-electron chi connectivity index (χ0n) is 22.6. The highest BCUT2D eigenvalue weighted by atomic mass is 19.1. The maximum absolute atomic E-state index is 15.1. The number of benzene rings is 2. The fourth-order valence-corrected chi connectivity index (χ4v) is 3.86. The molecular formula is C28H31FN4O7. The van der Waals surface area contributed by atoms with Crippen molar-refractivity contribution < 1.29 is 38.0 Å². The summed E-state index contributed by atoms with van der Waals surface area (Å²) in [4.78, 5) is 31.9. The average Bonchev–Trinajstić information content (AvgIpc) is 2.92. The number of esters is 1. The van der Waals surface area contributed by atoms with Crippen LogP contribution < -0.4 is 25.7 Å². The van der Waals surface area contributed by atoms with Crippen LogP contribution in [0.5, 0.6) is 23.0 Å². The van der Waals surface area contributed by atoms with E-state index in [-0.39, 0.29) is 36.5 Å². The molecule has 0 radical (unpaired) electrons. The van der Waals surface area contributed by atoms with E-state index in [0.717, 1.165) is 0 Å². The number of hydrogen-bond donors (Lipinski definition) is 3. The maximum Gasteiger partial charge on any atom is 0.320 e. The fraction of sp³-hybridized carbons (Fsp3) is 0.286. The molecule has 0 bridgehead atoms. The van der Waals surface area contributed by atoms with Crippen LogP contribution in [-0.2, 0) is 20.7 Å². The van der Waals surface area contributed by atoms with Gasteiger partial charge in [0.15, 0.2) is 23.1 Å². The van der Waals surface area contributed by atoms with Crippen molar-refractivity contribution in [2.24, 2.45) is 16.5 Å². The molecule has 11 nitrogen and oxygen atoms in total. The lowest BCUT2D eigenvalue weighted by molar-refractivity contribution is -0.145. The summed E-state index contributed by atoms with van der Waals surface area (Å²) in [6.07, 6.45) is 0.719. The number of amides is 1. The molecule has 1 heterocycles. The first-order valence-electron chi connectivity index (χ1n) is 12.2. The molecule has 0 saturated heterocycles. The van der Waals surface area contributed by atoms with Crippen LogP contribution in [0.15, 0.2) is 58.9 Å². The monoisotopic (exact) mass is 554 g/mol. The Kier molecular flexibility index (Phi) is 9.98. The number of aliphatic imine (C=N–C) groups is 1. The summed E-state index contributed by atoms with van der Waals surface area (Å²) >= 11 is 0. The molecule has 1 amide bonds. The molecule has 0 aliphatic rings. The van der Waals surface area contributed by atoms with E-state index >= 15 is 4.39 Å². The van der Waals surface area contributed by atoms with E-state index in [9.17, 15) is 14.7 Å². The molecular weight excluding hydrogens is 523 g/mol. The SMILES string of the molecule is COc1cc2nccc(Oc3ccc(CC(O)=C(C(N)=O)C(C)=NC[C@@H](C)OC(=O)CN)cc3F)c2cc1OC. The molecule has 3 aromatic rings. The second-order valence-electron chi connectivity index (χ2n) is 8.69. The van der Waals surface area contributed by atoms with Gasteiger partial charge in [0.25, 0.3) is 5.91 Å². The van der Waals surface area contributed by atoms with Gasteiger partial charge in [0.1, 0.15) is 17.6 Å². The van der Waals surface area contributed by atoms with Gasteiger partial charge in [-0.05, 0) is 43.7 Å². The van der Waals surface area contributed by atoms with E-state index < -0.39 is 29.6 Å². The normalized spacial score (nSPS) is 12.9. The van der Waals surface area contributed by atoms with Crippen molar-refractivity contribution in [2.45, 2.75) is 26.4 Å². The Morgan fingerprint density at radius 3 is 2.40 bits per heavy atom. The number of fused-ring (bicyclic) bond motifs is 1. The quantitative estimate of drug-likeness (QED) is 0.131. The molecule has 5 N–H and O–H groups in total. The molecule has 0 aliphatic carbocycles. The van der Waals surface area contributed by atoms with Crippen molar-refractivity contribution in [1.82, 2.24) is 4.98 Å². The molecule has 0 saturated carbocycles. The smallest absolute Gasteiger partial charge is 0.320 e. The number of allylic oxidation sites excluding steroid dienone is 1. The zero-order chi connectivity index (χ0) is 29.4. The van der Waals surface area contributed by atoms with Gasteiger partial charge in [0.2, 0.25) is 0 Å². The number of nitrogens with zero attached hydrogens (tertiary/aromatic N) is 2. The molecule has 0 fully saturated rings. The number of carbonyl (C=O) groups is 2. The second-order valence-corrected chi connectivity index (χ2v) is 8.69. The standard InChI is InChI=1S/C28H31FN4O7/c1-15(39-26(35)13-30)14-33-16(2)27(28(31)36)21(34)10-17-5-6-23(19(29)9-17)40-22-7-8-32-20-12-25(38-4)24(37-3)11-18(20)22/h5-9,11-12,15,34H,10,13-14,30H2,1-4H3,(H2,31,36)/t15-/m1/s1. The van der Waals surface area contributed by atoms with Gasteiger partial charge in [-0.2, -0.15) is 0 Å². The summed E-state index contributed by atoms with van der Waals surface area (Å²) in [6, 6.07) is 9.09. The third-order valence-electron chi connectivity index (χ3n) is 5.78. The van der Waals surface area contributed by atoms with E-state index in [1.54, 1.807) is 31.2 Å². The summed E-state index contributed by atoms with van der Waals surface area (Å²) < 4.78 is 36.6. The number of ether oxygens (including phenoxy) is 4. The summed E-state index contributed by atoms with van der Waals surface area (Å²) in [6.45, 7) is 2.83. The number of nitrogens with two attached hydrogens (primary N) is 2. The summed E-state index contributed by atoms with van der Waals surface area (Å²) in [5.74, 6) is -1.38. The fourth-order valence-electron chi connectivity index (χ4n) is 3.86. The van der Waals surface area contributed by atoms with Crippen molar-refractivity contribution in [3.63, 3.8) is 0 Å². The first kappa shape index (κ1) is 29.8. The lowest BCUT2D eigenvalue weighted by atomic mass is 10.0. The Bertz CT molecular complexity index is 1470. The van der Waals surface area contributed by atoms with Gasteiger partial charge in [-0.15, -0.1) is 0 Å². The van der Waals surface area contributed by atoms with Crippen molar-refractivity contribution in [3.05, 3.63) is 65.3 Å². The number of pyridine rings is 1.